The Balaban J connectivity index is 2.25. The molecule has 1 N–H and O–H groups in total. The number of hydrogen-bond acceptors (Lipinski definition) is 4. The summed E-state index contributed by atoms with van der Waals surface area (Å²) in [5, 5.41) is 8.72. The van der Waals surface area contributed by atoms with E-state index >= 15 is 0 Å². The molecule has 0 aliphatic carbocycles. The summed E-state index contributed by atoms with van der Waals surface area (Å²) < 4.78 is 5.39. The van der Waals surface area contributed by atoms with Gasteiger partial charge in [-0.1, -0.05) is 0 Å². The van der Waals surface area contributed by atoms with E-state index in [1.54, 1.807) is 0 Å². The quantitative estimate of drug-likeness (QED) is 0.761. The monoisotopic (exact) mass is 194 g/mol. The van der Waals surface area contributed by atoms with E-state index in [2.05, 4.69) is 9.97 Å². The Morgan fingerprint density at radius 2 is 2.43 bits per heavy atom. The van der Waals surface area contributed by atoms with Crippen molar-refractivity contribution in [3.8, 4) is 0 Å². The van der Waals surface area contributed by atoms with Crippen LogP contribution in [0.2, 0.25) is 0 Å². The number of carboxylic acids is 1. The highest BCUT2D eigenvalue weighted by Crippen LogP contribution is 2.26. The molecule has 1 unspecified atom stereocenters. The first-order valence-electron chi connectivity index (χ1n) is 4.44. The third-order valence-corrected chi connectivity index (χ3v) is 2.17. The fourth-order valence-electron chi connectivity index (χ4n) is 1.48. The van der Waals surface area contributed by atoms with Gasteiger partial charge in [0.1, 0.15) is 6.33 Å². The van der Waals surface area contributed by atoms with Crippen molar-refractivity contribution in [3.63, 3.8) is 0 Å². The van der Waals surface area contributed by atoms with Crippen molar-refractivity contribution < 1.29 is 14.6 Å². The fraction of sp³-hybridized carbons (Fsp3) is 0.444. The smallest absolute Gasteiger partial charge is 0.354 e. The summed E-state index contributed by atoms with van der Waals surface area (Å²) in [6.07, 6.45) is 3.10. The topological polar surface area (TPSA) is 72.3 Å². The summed E-state index contributed by atoms with van der Waals surface area (Å²) in [4.78, 5) is 18.3. The van der Waals surface area contributed by atoms with Gasteiger partial charge in [0, 0.05) is 6.61 Å². The third-order valence-electron chi connectivity index (χ3n) is 2.17. The number of hydrogen-bond donors (Lipinski definition) is 1. The predicted octanol–water partition coefficient (Wildman–Crippen LogP) is 1.03. The van der Waals surface area contributed by atoms with E-state index < -0.39 is 5.97 Å². The summed E-state index contributed by atoms with van der Waals surface area (Å²) in [6, 6.07) is 1.47. The molecule has 5 nitrogen and oxygen atoms in total. The van der Waals surface area contributed by atoms with Gasteiger partial charge in [-0.15, -0.1) is 0 Å². The Morgan fingerprint density at radius 3 is 3.07 bits per heavy atom. The van der Waals surface area contributed by atoms with Gasteiger partial charge >= 0.3 is 5.97 Å². The molecule has 1 atom stereocenters. The van der Waals surface area contributed by atoms with E-state index in [1.807, 2.05) is 0 Å². The van der Waals surface area contributed by atoms with Crippen molar-refractivity contribution in [1.82, 2.24) is 9.97 Å². The number of ether oxygens (including phenoxy) is 1. The minimum absolute atomic E-state index is 0.0190. The first-order chi connectivity index (χ1) is 6.77. The predicted molar refractivity (Wildman–Crippen MR) is 46.9 cm³/mol. The lowest BCUT2D eigenvalue weighted by Crippen LogP contribution is -2.05. The lowest BCUT2D eigenvalue weighted by Gasteiger charge is -2.07. The minimum Gasteiger partial charge on any atom is -0.477 e. The van der Waals surface area contributed by atoms with Crippen LogP contribution in [-0.4, -0.2) is 27.7 Å². The first kappa shape index (κ1) is 9.08. The van der Waals surface area contributed by atoms with Gasteiger partial charge in [-0.2, -0.15) is 0 Å². The highest BCUT2D eigenvalue weighted by Gasteiger charge is 2.20. The number of aromatic carboxylic acids is 1. The van der Waals surface area contributed by atoms with Crippen molar-refractivity contribution in [2.24, 2.45) is 0 Å². The Kier molecular flexibility index (Phi) is 2.41. The molecule has 2 heterocycles. The van der Waals surface area contributed by atoms with E-state index in [-0.39, 0.29) is 11.8 Å². The summed E-state index contributed by atoms with van der Waals surface area (Å²) in [7, 11) is 0. The molecular formula is C9H10N2O3. The number of carbonyl (C=O) groups is 1. The maximum atomic E-state index is 10.6. The number of rotatable bonds is 2. The van der Waals surface area contributed by atoms with Gasteiger partial charge in [-0.3, -0.25) is 0 Å². The van der Waals surface area contributed by atoms with E-state index in [0.29, 0.717) is 5.69 Å². The van der Waals surface area contributed by atoms with E-state index in [4.69, 9.17) is 9.84 Å². The molecule has 1 aromatic heterocycles. The maximum absolute atomic E-state index is 10.6. The van der Waals surface area contributed by atoms with Gasteiger partial charge in [0.2, 0.25) is 0 Å². The highest BCUT2D eigenvalue weighted by molar-refractivity contribution is 5.85. The Labute approximate surface area is 80.8 Å². The van der Waals surface area contributed by atoms with Crippen LogP contribution in [0.15, 0.2) is 12.4 Å². The van der Waals surface area contributed by atoms with Crippen LogP contribution in [0.4, 0.5) is 0 Å². The largest absolute Gasteiger partial charge is 0.477 e. The molecule has 0 aromatic carbocycles. The maximum Gasteiger partial charge on any atom is 0.354 e. The normalized spacial score (nSPS) is 21.0. The molecular weight excluding hydrogens is 184 g/mol. The zero-order valence-electron chi connectivity index (χ0n) is 7.51. The first-order valence-corrected chi connectivity index (χ1v) is 4.44. The molecule has 74 valence electrons. The average Bonchev–Trinajstić information content (AvgIpc) is 2.71. The Hall–Kier alpha value is -1.49. The second-order valence-electron chi connectivity index (χ2n) is 3.13. The van der Waals surface area contributed by atoms with Crippen LogP contribution in [0.3, 0.4) is 0 Å². The minimum atomic E-state index is -1.04. The zero-order chi connectivity index (χ0) is 9.97. The van der Waals surface area contributed by atoms with Crippen molar-refractivity contribution in [2.75, 3.05) is 6.61 Å². The second-order valence-corrected chi connectivity index (χ2v) is 3.13. The van der Waals surface area contributed by atoms with Crippen molar-refractivity contribution in [3.05, 3.63) is 23.8 Å². The van der Waals surface area contributed by atoms with Gasteiger partial charge in [-0.25, -0.2) is 14.8 Å². The van der Waals surface area contributed by atoms with Crippen LogP contribution in [0.5, 0.6) is 0 Å². The van der Waals surface area contributed by atoms with Crippen molar-refractivity contribution in [2.45, 2.75) is 18.9 Å². The summed E-state index contributed by atoms with van der Waals surface area (Å²) >= 11 is 0. The number of aromatic nitrogens is 2. The summed E-state index contributed by atoms with van der Waals surface area (Å²) in [5.74, 6) is -1.04. The molecule has 0 saturated carbocycles. The molecule has 2 rings (SSSR count). The zero-order valence-corrected chi connectivity index (χ0v) is 7.51. The second kappa shape index (κ2) is 3.71. The van der Waals surface area contributed by atoms with Gasteiger partial charge < -0.3 is 9.84 Å². The van der Waals surface area contributed by atoms with Crippen LogP contribution < -0.4 is 0 Å². The lowest BCUT2D eigenvalue weighted by atomic mass is 10.1. The molecule has 0 radical (unpaired) electrons. The number of nitrogens with zero attached hydrogens (tertiary/aromatic N) is 2. The molecule has 0 bridgehead atoms. The van der Waals surface area contributed by atoms with Crippen molar-refractivity contribution >= 4 is 5.97 Å². The van der Waals surface area contributed by atoms with E-state index in [0.717, 1.165) is 19.4 Å². The fourth-order valence-corrected chi connectivity index (χ4v) is 1.48. The molecule has 1 fully saturated rings. The van der Waals surface area contributed by atoms with Gasteiger partial charge in [0.15, 0.2) is 5.69 Å². The van der Waals surface area contributed by atoms with Gasteiger partial charge in [0.05, 0.1) is 11.8 Å². The van der Waals surface area contributed by atoms with E-state index in [9.17, 15) is 4.79 Å². The molecule has 1 aliphatic heterocycles. The lowest BCUT2D eigenvalue weighted by molar-refractivity contribution is 0.0689. The van der Waals surface area contributed by atoms with E-state index in [1.165, 1.54) is 12.4 Å². The Morgan fingerprint density at radius 1 is 1.57 bits per heavy atom. The van der Waals surface area contributed by atoms with Gasteiger partial charge in [0.25, 0.3) is 0 Å². The molecule has 0 amide bonds. The van der Waals surface area contributed by atoms with Crippen LogP contribution in [-0.2, 0) is 4.74 Å². The van der Waals surface area contributed by atoms with Crippen molar-refractivity contribution in [1.29, 1.82) is 0 Å². The van der Waals surface area contributed by atoms with Crippen LogP contribution in [0.25, 0.3) is 0 Å². The third kappa shape index (κ3) is 1.72. The summed E-state index contributed by atoms with van der Waals surface area (Å²) in [6.45, 7) is 0.719. The Bertz CT molecular complexity index is 348. The molecule has 1 saturated heterocycles. The number of carboxylic acid groups (broad SMARTS) is 1. The van der Waals surface area contributed by atoms with Gasteiger partial charge in [-0.05, 0) is 18.9 Å². The van der Waals surface area contributed by atoms with Crippen LogP contribution in [0, 0.1) is 0 Å². The molecule has 1 aromatic rings. The SMILES string of the molecule is O=C(O)c1cc(C2CCCO2)ncn1. The average molecular weight is 194 g/mol. The van der Waals surface area contributed by atoms with Crippen LogP contribution >= 0.6 is 0 Å². The van der Waals surface area contributed by atoms with Crippen LogP contribution in [0.1, 0.15) is 35.1 Å². The summed E-state index contributed by atoms with van der Waals surface area (Å²) in [5.41, 5.74) is 0.681. The molecule has 5 heteroatoms. The highest BCUT2D eigenvalue weighted by atomic mass is 16.5. The molecule has 14 heavy (non-hydrogen) atoms. The standard InChI is InChI=1S/C9H10N2O3/c12-9(13)7-4-6(10-5-11-7)8-2-1-3-14-8/h4-5,8H,1-3H2,(H,12,13). The molecule has 0 spiro atoms. The molecule has 1 aliphatic rings.